The van der Waals surface area contributed by atoms with Gasteiger partial charge in [0.15, 0.2) is 0 Å². The highest BCUT2D eigenvalue weighted by Crippen LogP contribution is 2.29. The number of aromatic carboxylic acids is 1. The molecule has 5 nitrogen and oxygen atoms in total. The zero-order valence-electron chi connectivity index (χ0n) is 11.0. The summed E-state index contributed by atoms with van der Waals surface area (Å²) in [6.45, 7) is 0.373. The molecule has 0 amide bonds. The Labute approximate surface area is 130 Å². The van der Waals surface area contributed by atoms with Gasteiger partial charge in [0, 0.05) is 23.7 Å². The normalized spacial score (nSPS) is 11.2. The molecule has 1 N–H and O–H groups in total. The van der Waals surface area contributed by atoms with Crippen molar-refractivity contribution < 1.29 is 9.90 Å². The number of hydrogen-bond donors (Lipinski definition) is 1. The monoisotopic (exact) mass is 323 g/mol. The molecule has 0 saturated heterocycles. The minimum Gasteiger partial charge on any atom is -0.478 e. The number of fused-ring (bicyclic) bond motifs is 1. The highest BCUT2D eigenvalue weighted by atomic mass is 35.5. The summed E-state index contributed by atoms with van der Waals surface area (Å²) in [7, 11) is 1.72. The summed E-state index contributed by atoms with van der Waals surface area (Å²) in [6.07, 6.45) is 3.20. The molecule has 0 fully saturated rings. The average Bonchev–Trinajstić information content (AvgIpc) is 2.96. The number of aryl methyl sites for hydroxylation is 1. The van der Waals surface area contributed by atoms with E-state index < -0.39 is 5.97 Å². The van der Waals surface area contributed by atoms with Crippen LogP contribution < -0.4 is 0 Å². The van der Waals surface area contributed by atoms with Crippen molar-refractivity contribution in [1.82, 2.24) is 14.3 Å². The Morgan fingerprint density at radius 1 is 1.38 bits per heavy atom. The minimum absolute atomic E-state index is 0.187. The third-order valence-corrected chi connectivity index (χ3v) is 3.95. The fraction of sp³-hybridized carbons (Fsp3) is 0.143. The highest BCUT2D eigenvalue weighted by molar-refractivity contribution is 6.38. The molecule has 7 heteroatoms. The van der Waals surface area contributed by atoms with Crippen molar-refractivity contribution in [3.8, 4) is 0 Å². The molecule has 2 aromatic heterocycles. The van der Waals surface area contributed by atoms with Gasteiger partial charge < -0.3 is 9.67 Å². The maximum atomic E-state index is 11.2. The summed E-state index contributed by atoms with van der Waals surface area (Å²) >= 11 is 12.2. The Kier molecular flexibility index (Phi) is 3.39. The van der Waals surface area contributed by atoms with E-state index in [2.05, 4.69) is 5.10 Å². The predicted octanol–water partition coefficient (Wildman–Crippen LogP) is 3.43. The van der Waals surface area contributed by atoms with Crippen LogP contribution in [0.2, 0.25) is 10.0 Å². The lowest BCUT2D eigenvalue weighted by Crippen LogP contribution is -2.09. The molecule has 21 heavy (non-hydrogen) atoms. The van der Waals surface area contributed by atoms with Crippen LogP contribution in [0.4, 0.5) is 0 Å². The number of benzene rings is 1. The summed E-state index contributed by atoms with van der Waals surface area (Å²) in [6, 6.07) is 5.37. The average molecular weight is 324 g/mol. The lowest BCUT2D eigenvalue weighted by molar-refractivity contribution is 0.0695. The number of carboxylic acids is 1. The van der Waals surface area contributed by atoms with Gasteiger partial charge in [-0.2, -0.15) is 5.10 Å². The molecule has 3 rings (SSSR count). The van der Waals surface area contributed by atoms with Crippen LogP contribution in [0.15, 0.2) is 30.6 Å². The number of halogens is 2. The van der Waals surface area contributed by atoms with Gasteiger partial charge in [-0.25, -0.2) is 4.79 Å². The molecule has 0 radical (unpaired) electrons. The molecular formula is C14H11Cl2N3O2. The number of aromatic nitrogens is 3. The Balaban J connectivity index is 2.11. The zero-order valence-corrected chi connectivity index (χ0v) is 12.6. The van der Waals surface area contributed by atoms with Gasteiger partial charge >= 0.3 is 5.97 Å². The first kappa shape index (κ1) is 14.0. The maximum absolute atomic E-state index is 11.2. The second-order valence-corrected chi connectivity index (χ2v) is 5.54. The van der Waals surface area contributed by atoms with E-state index in [1.54, 1.807) is 23.9 Å². The smallest absolute Gasteiger partial charge is 0.339 e. The van der Waals surface area contributed by atoms with Crippen LogP contribution in [0.25, 0.3) is 10.9 Å². The molecule has 0 aliphatic rings. The van der Waals surface area contributed by atoms with Gasteiger partial charge in [-0.1, -0.05) is 23.2 Å². The van der Waals surface area contributed by atoms with Crippen LogP contribution >= 0.6 is 23.2 Å². The van der Waals surface area contributed by atoms with E-state index >= 15 is 0 Å². The Bertz CT molecular complexity index is 851. The molecule has 1 aromatic carbocycles. The van der Waals surface area contributed by atoms with Crippen LogP contribution in [-0.2, 0) is 13.6 Å². The van der Waals surface area contributed by atoms with Crippen LogP contribution in [0.3, 0.4) is 0 Å². The Morgan fingerprint density at radius 2 is 2.14 bits per heavy atom. The molecular weight excluding hydrogens is 313 g/mol. The standard InChI is InChI=1S/C14H11Cl2N3O2/c1-18-13(10(6-17-18)14(20)21)7-19-3-2-9-11(16)4-8(15)5-12(9)19/h2-6H,7H2,1H3,(H,20,21). The summed E-state index contributed by atoms with van der Waals surface area (Å²) in [5, 5.41) is 15.2. The molecule has 3 aromatic rings. The fourth-order valence-electron chi connectivity index (χ4n) is 2.35. The van der Waals surface area contributed by atoms with Crippen molar-refractivity contribution in [2.75, 3.05) is 0 Å². The van der Waals surface area contributed by atoms with Gasteiger partial charge in [-0.15, -0.1) is 0 Å². The van der Waals surface area contributed by atoms with E-state index in [1.807, 2.05) is 16.8 Å². The summed E-state index contributed by atoms with van der Waals surface area (Å²) in [4.78, 5) is 11.2. The summed E-state index contributed by atoms with van der Waals surface area (Å²) in [5.74, 6) is -0.995. The van der Waals surface area contributed by atoms with Crippen molar-refractivity contribution in [2.45, 2.75) is 6.54 Å². The van der Waals surface area contributed by atoms with E-state index in [1.165, 1.54) is 6.20 Å². The second kappa shape index (κ2) is 5.09. The molecule has 0 saturated carbocycles. The number of nitrogens with zero attached hydrogens (tertiary/aromatic N) is 3. The first-order valence-electron chi connectivity index (χ1n) is 6.15. The van der Waals surface area contributed by atoms with Crippen molar-refractivity contribution in [1.29, 1.82) is 0 Å². The highest BCUT2D eigenvalue weighted by Gasteiger charge is 2.16. The molecule has 0 unspecified atom stereocenters. The first-order valence-corrected chi connectivity index (χ1v) is 6.91. The summed E-state index contributed by atoms with van der Waals surface area (Å²) < 4.78 is 3.46. The zero-order chi connectivity index (χ0) is 15.1. The predicted molar refractivity (Wildman–Crippen MR) is 81.2 cm³/mol. The Morgan fingerprint density at radius 3 is 2.86 bits per heavy atom. The van der Waals surface area contributed by atoms with Gasteiger partial charge in [-0.05, 0) is 18.2 Å². The molecule has 108 valence electrons. The second-order valence-electron chi connectivity index (χ2n) is 4.70. The quantitative estimate of drug-likeness (QED) is 0.803. The largest absolute Gasteiger partial charge is 0.478 e. The number of rotatable bonds is 3. The number of carboxylic acid groups (broad SMARTS) is 1. The van der Waals surface area contributed by atoms with Crippen LogP contribution in [-0.4, -0.2) is 25.4 Å². The van der Waals surface area contributed by atoms with Gasteiger partial charge in [-0.3, -0.25) is 4.68 Å². The topological polar surface area (TPSA) is 60.1 Å². The van der Waals surface area contributed by atoms with Crippen molar-refractivity contribution in [3.63, 3.8) is 0 Å². The number of hydrogen-bond acceptors (Lipinski definition) is 2. The van der Waals surface area contributed by atoms with E-state index in [4.69, 9.17) is 23.2 Å². The van der Waals surface area contributed by atoms with Crippen molar-refractivity contribution >= 4 is 40.1 Å². The van der Waals surface area contributed by atoms with Gasteiger partial charge in [0.25, 0.3) is 0 Å². The number of carbonyl (C=O) groups is 1. The molecule has 0 spiro atoms. The molecule has 0 atom stereocenters. The third-order valence-electron chi connectivity index (χ3n) is 3.42. The molecule has 0 aliphatic heterocycles. The van der Waals surface area contributed by atoms with Crippen molar-refractivity contribution in [3.05, 3.63) is 51.9 Å². The molecule has 2 heterocycles. The van der Waals surface area contributed by atoms with E-state index in [0.717, 1.165) is 10.9 Å². The lowest BCUT2D eigenvalue weighted by Gasteiger charge is -2.08. The van der Waals surface area contributed by atoms with Gasteiger partial charge in [0.2, 0.25) is 0 Å². The third kappa shape index (κ3) is 2.39. The minimum atomic E-state index is -0.995. The molecule has 0 bridgehead atoms. The maximum Gasteiger partial charge on any atom is 0.339 e. The van der Waals surface area contributed by atoms with E-state index in [0.29, 0.717) is 22.3 Å². The van der Waals surface area contributed by atoms with Crippen LogP contribution in [0, 0.1) is 0 Å². The van der Waals surface area contributed by atoms with E-state index in [-0.39, 0.29) is 5.56 Å². The summed E-state index contributed by atoms with van der Waals surface area (Å²) in [5.41, 5.74) is 1.65. The first-order chi connectivity index (χ1) is 9.97. The molecule has 0 aliphatic carbocycles. The van der Waals surface area contributed by atoms with Gasteiger partial charge in [0.1, 0.15) is 5.56 Å². The lowest BCUT2D eigenvalue weighted by atomic mass is 10.2. The van der Waals surface area contributed by atoms with Crippen LogP contribution in [0.5, 0.6) is 0 Å². The Hall–Kier alpha value is -1.98. The van der Waals surface area contributed by atoms with E-state index in [9.17, 15) is 9.90 Å². The van der Waals surface area contributed by atoms with Crippen LogP contribution in [0.1, 0.15) is 16.1 Å². The van der Waals surface area contributed by atoms with Gasteiger partial charge in [0.05, 0.1) is 29.0 Å². The fourth-order valence-corrected chi connectivity index (χ4v) is 2.89. The van der Waals surface area contributed by atoms with Crippen molar-refractivity contribution in [2.24, 2.45) is 7.05 Å². The SMILES string of the molecule is Cn1ncc(C(=O)O)c1Cn1ccc2c(Cl)cc(Cl)cc21.